The van der Waals surface area contributed by atoms with E-state index in [9.17, 15) is 5.26 Å². The van der Waals surface area contributed by atoms with Crippen molar-refractivity contribution in [1.29, 1.82) is 5.26 Å². The lowest BCUT2D eigenvalue weighted by Crippen LogP contribution is -2.07. The third-order valence-electron chi connectivity index (χ3n) is 3.74. The Balaban J connectivity index is 1.93. The Bertz CT molecular complexity index is 905. The van der Waals surface area contributed by atoms with Gasteiger partial charge in [-0.2, -0.15) is 5.26 Å². The maximum Gasteiger partial charge on any atom is 0.103 e. The maximum absolute atomic E-state index is 9.40. The van der Waals surface area contributed by atoms with Gasteiger partial charge >= 0.3 is 0 Å². The van der Waals surface area contributed by atoms with Crippen LogP contribution in [0.25, 0.3) is 10.9 Å². The van der Waals surface area contributed by atoms with Crippen LogP contribution < -0.4 is 5.32 Å². The van der Waals surface area contributed by atoms with E-state index in [2.05, 4.69) is 54.3 Å². The third kappa shape index (κ3) is 3.17. The van der Waals surface area contributed by atoms with Crippen molar-refractivity contribution in [3.63, 3.8) is 0 Å². The van der Waals surface area contributed by atoms with Gasteiger partial charge in [0.05, 0.1) is 21.8 Å². The van der Waals surface area contributed by atoms with Gasteiger partial charge < -0.3 is 5.32 Å². The Morgan fingerprint density at radius 3 is 2.70 bits per heavy atom. The second-order valence-corrected chi connectivity index (χ2v) is 7.00. The average Bonchev–Trinajstić information content (AvgIpc) is 2.93. The van der Waals surface area contributed by atoms with Gasteiger partial charge in [-0.15, -0.1) is 11.3 Å². The summed E-state index contributed by atoms with van der Waals surface area (Å²) >= 11 is 1.71. The van der Waals surface area contributed by atoms with Gasteiger partial charge in [0.25, 0.3) is 0 Å². The number of aryl methyl sites for hydroxylation is 3. The number of fused-ring (bicyclic) bond motifs is 1. The molecular formula is C18H18N4S. The molecule has 0 aliphatic carbocycles. The van der Waals surface area contributed by atoms with E-state index in [1.807, 2.05) is 6.20 Å². The summed E-state index contributed by atoms with van der Waals surface area (Å²) in [7, 11) is 0. The fourth-order valence-corrected chi connectivity index (χ4v) is 3.53. The number of aromatic nitrogens is 2. The van der Waals surface area contributed by atoms with Gasteiger partial charge in [0.2, 0.25) is 0 Å². The number of rotatable bonds is 4. The predicted molar refractivity (Wildman–Crippen MR) is 95.0 cm³/mol. The second kappa shape index (κ2) is 6.35. The van der Waals surface area contributed by atoms with E-state index < -0.39 is 0 Å². The smallest absolute Gasteiger partial charge is 0.103 e. The predicted octanol–water partition coefficient (Wildman–Crippen LogP) is 4.14. The Morgan fingerprint density at radius 2 is 2.00 bits per heavy atom. The molecule has 0 radical (unpaired) electrons. The van der Waals surface area contributed by atoms with Gasteiger partial charge in [-0.05, 0) is 32.4 Å². The first-order valence-corrected chi connectivity index (χ1v) is 8.35. The average molecular weight is 322 g/mol. The molecule has 0 saturated heterocycles. The SMILES string of the molecule is Cc1cc(C)c2ncc(C#N)c(NCCc3ncc(C)s3)c2c1. The highest BCUT2D eigenvalue weighted by atomic mass is 32.1. The second-order valence-electron chi connectivity index (χ2n) is 5.68. The van der Waals surface area contributed by atoms with E-state index in [0.717, 1.165) is 40.1 Å². The molecule has 2 aromatic heterocycles. The lowest BCUT2D eigenvalue weighted by atomic mass is 10.0. The molecule has 0 amide bonds. The minimum absolute atomic E-state index is 0.581. The zero-order valence-electron chi connectivity index (χ0n) is 13.5. The van der Waals surface area contributed by atoms with Crippen molar-refractivity contribution in [2.24, 2.45) is 0 Å². The summed E-state index contributed by atoms with van der Waals surface area (Å²) in [5.74, 6) is 0. The molecule has 4 nitrogen and oxygen atoms in total. The lowest BCUT2D eigenvalue weighted by Gasteiger charge is -2.13. The molecule has 116 valence electrons. The monoisotopic (exact) mass is 322 g/mol. The molecule has 0 spiro atoms. The normalized spacial score (nSPS) is 10.7. The maximum atomic E-state index is 9.40. The molecule has 23 heavy (non-hydrogen) atoms. The molecule has 0 fully saturated rings. The van der Waals surface area contributed by atoms with Crippen LogP contribution in [0, 0.1) is 32.1 Å². The third-order valence-corrected chi connectivity index (χ3v) is 4.71. The zero-order valence-corrected chi connectivity index (χ0v) is 14.3. The molecule has 1 aromatic carbocycles. The van der Waals surface area contributed by atoms with Gasteiger partial charge in [-0.1, -0.05) is 11.6 Å². The largest absolute Gasteiger partial charge is 0.383 e. The standard InChI is InChI=1S/C18H18N4S/c1-11-6-12(2)17-15(7-11)18(14(8-19)10-22-17)20-5-4-16-21-9-13(3)23-16/h6-7,9-10H,4-5H2,1-3H3,(H,20,22). The number of pyridine rings is 1. The van der Waals surface area contributed by atoms with Crippen molar-refractivity contribution in [3.05, 3.63) is 51.1 Å². The van der Waals surface area contributed by atoms with Crippen molar-refractivity contribution in [3.8, 4) is 6.07 Å². The Labute approximate surface area is 139 Å². The molecule has 2 heterocycles. The molecule has 0 aliphatic heterocycles. The van der Waals surface area contributed by atoms with Gasteiger partial charge in [0, 0.05) is 35.6 Å². The summed E-state index contributed by atoms with van der Waals surface area (Å²) in [5.41, 5.74) is 4.70. The molecule has 5 heteroatoms. The number of nitrogens with one attached hydrogen (secondary N) is 1. The number of nitrogens with zero attached hydrogens (tertiary/aromatic N) is 3. The van der Waals surface area contributed by atoms with Gasteiger partial charge in [-0.3, -0.25) is 4.98 Å². The number of anilines is 1. The van der Waals surface area contributed by atoms with E-state index in [0.29, 0.717) is 5.56 Å². The minimum Gasteiger partial charge on any atom is -0.383 e. The summed E-state index contributed by atoms with van der Waals surface area (Å²) in [6.07, 6.45) is 4.40. The molecular weight excluding hydrogens is 304 g/mol. The number of thiazole rings is 1. The van der Waals surface area contributed by atoms with Crippen LogP contribution in [0.3, 0.4) is 0 Å². The van der Waals surface area contributed by atoms with Crippen LogP contribution in [0.4, 0.5) is 5.69 Å². The van der Waals surface area contributed by atoms with Crippen LogP contribution in [0.15, 0.2) is 24.5 Å². The summed E-state index contributed by atoms with van der Waals surface area (Å²) in [6.45, 7) is 6.92. The first-order valence-electron chi connectivity index (χ1n) is 7.53. The molecule has 0 saturated carbocycles. The number of nitriles is 1. The summed E-state index contributed by atoms with van der Waals surface area (Å²) in [6, 6.07) is 6.45. The quantitative estimate of drug-likeness (QED) is 0.784. The van der Waals surface area contributed by atoms with E-state index in [1.165, 1.54) is 10.4 Å². The van der Waals surface area contributed by atoms with E-state index >= 15 is 0 Å². The number of hydrogen-bond acceptors (Lipinski definition) is 5. The van der Waals surface area contributed by atoms with Crippen molar-refractivity contribution in [1.82, 2.24) is 9.97 Å². The van der Waals surface area contributed by atoms with E-state index in [1.54, 1.807) is 17.5 Å². The van der Waals surface area contributed by atoms with Crippen molar-refractivity contribution >= 4 is 27.9 Å². The summed E-state index contributed by atoms with van der Waals surface area (Å²) < 4.78 is 0. The molecule has 0 unspecified atom stereocenters. The molecule has 3 rings (SSSR count). The zero-order chi connectivity index (χ0) is 16.4. The van der Waals surface area contributed by atoms with Crippen LogP contribution in [0.1, 0.15) is 26.6 Å². The first kappa shape index (κ1) is 15.4. The van der Waals surface area contributed by atoms with Crippen LogP contribution in [-0.4, -0.2) is 16.5 Å². The molecule has 3 aromatic rings. The lowest BCUT2D eigenvalue weighted by molar-refractivity contribution is 0.998. The Kier molecular flexibility index (Phi) is 4.26. The Hall–Kier alpha value is -2.45. The van der Waals surface area contributed by atoms with Crippen molar-refractivity contribution < 1.29 is 0 Å². The summed E-state index contributed by atoms with van der Waals surface area (Å²) in [4.78, 5) is 10.1. The Morgan fingerprint density at radius 1 is 1.17 bits per heavy atom. The fraction of sp³-hybridized carbons (Fsp3) is 0.278. The van der Waals surface area contributed by atoms with Crippen molar-refractivity contribution in [2.45, 2.75) is 27.2 Å². The molecule has 0 bridgehead atoms. The molecule has 0 aliphatic rings. The minimum atomic E-state index is 0.581. The van der Waals surface area contributed by atoms with Gasteiger partial charge in [0.15, 0.2) is 0 Å². The number of benzene rings is 1. The highest BCUT2D eigenvalue weighted by Crippen LogP contribution is 2.28. The van der Waals surface area contributed by atoms with Crippen LogP contribution in [-0.2, 0) is 6.42 Å². The summed E-state index contributed by atoms with van der Waals surface area (Å²) in [5, 5.41) is 14.9. The van der Waals surface area contributed by atoms with E-state index in [-0.39, 0.29) is 0 Å². The van der Waals surface area contributed by atoms with E-state index in [4.69, 9.17) is 0 Å². The highest BCUT2D eigenvalue weighted by Gasteiger charge is 2.11. The topological polar surface area (TPSA) is 61.6 Å². The van der Waals surface area contributed by atoms with Crippen molar-refractivity contribution in [2.75, 3.05) is 11.9 Å². The van der Waals surface area contributed by atoms with Crippen LogP contribution in [0.2, 0.25) is 0 Å². The van der Waals surface area contributed by atoms with Gasteiger partial charge in [0.1, 0.15) is 6.07 Å². The fourth-order valence-electron chi connectivity index (χ4n) is 2.75. The highest BCUT2D eigenvalue weighted by molar-refractivity contribution is 7.11. The van der Waals surface area contributed by atoms with Gasteiger partial charge in [-0.25, -0.2) is 4.98 Å². The number of hydrogen-bond donors (Lipinski definition) is 1. The van der Waals surface area contributed by atoms with Crippen LogP contribution >= 0.6 is 11.3 Å². The molecule has 0 atom stereocenters. The first-order chi connectivity index (χ1) is 11.1. The van der Waals surface area contributed by atoms with Crippen LogP contribution in [0.5, 0.6) is 0 Å². The molecule has 1 N–H and O–H groups in total.